The van der Waals surface area contributed by atoms with Crippen LogP contribution in [0.5, 0.6) is 0 Å². The van der Waals surface area contributed by atoms with Crippen LogP contribution >= 0.6 is 11.3 Å². The minimum absolute atomic E-state index is 0.0256. The summed E-state index contributed by atoms with van der Waals surface area (Å²) in [7, 11) is 0. The number of nitrogens with zero attached hydrogens (tertiary/aromatic N) is 4. The summed E-state index contributed by atoms with van der Waals surface area (Å²) in [5.74, 6) is 0.258. The Balaban J connectivity index is 1.48. The maximum absolute atomic E-state index is 12.8. The minimum Gasteiger partial charge on any atom is -0.333 e. The number of ketones is 1. The zero-order valence-corrected chi connectivity index (χ0v) is 14.2. The Morgan fingerprint density at radius 1 is 1.33 bits per heavy atom. The number of carbonyl (C=O) groups excluding carboxylic acids is 2. The summed E-state index contributed by atoms with van der Waals surface area (Å²) in [4.78, 5) is 27.9. The van der Waals surface area contributed by atoms with Gasteiger partial charge in [-0.3, -0.25) is 9.59 Å². The number of carbonyl (C=O) groups is 2. The first-order valence-electron chi connectivity index (χ1n) is 8.48. The summed E-state index contributed by atoms with van der Waals surface area (Å²) < 4.78 is 1.70. The van der Waals surface area contributed by atoms with Gasteiger partial charge in [0.2, 0.25) is 0 Å². The van der Waals surface area contributed by atoms with Crippen LogP contribution in [0.15, 0.2) is 23.7 Å². The van der Waals surface area contributed by atoms with Crippen molar-refractivity contribution in [2.75, 3.05) is 6.54 Å². The first kappa shape index (κ1) is 15.5. The molecule has 3 heterocycles. The Morgan fingerprint density at radius 3 is 3.00 bits per heavy atom. The van der Waals surface area contributed by atoms with Gasteiger partial charge in [0.1, 0.15) is 5.78 Å². The predicted molar refractivity (Wildman–Crippen MR) is 89.8 cm³/mol. The standard InChI is InChI=1S/C17H20N4O2S/c22-16-7-1-5-13(16)15-6-2-8-21(15)17(23)14-11-20(19-18-14)10-12-4-3-9-24-12/h3-4,9,11,13,15H,1-2,5-8,10H2/t13-,15-/m0/s1. The molecule has 4 rings (SSSR count). The number of hydrogen-bond acceptors (Lipinski definition) is 5. The molecule has 7 heteroatoms. The highest BCUT2D eigenvalue weighted by atomic mass is 32.1. The molecule has 126 valence electrons. The number of hydrogen-bond donors (Lipinski definition) is 0. The van der Waals surface area contributed by atoms with Gasteiger partial charge >= 0.3 is 0 Å². The van der Waals surface area contributed by atoms with Gasteiger partial charge in [-0.05, 0) is 37.1 Å². The van der Waals surface area contributed by atoms with Crippen LogP contribution in [0.2, 0.25) is 0 Å². The number of amides is 1. The number of Topliss-reactive ketones (excluding diaryl/α,β-unsaturated/α-hetero) is 1. The van der Waals surface area contributed by atoms with E-state index in [9.17, 15) is 9.59 Å². The molecule has 1 amide bonds. The van der Waals surface area contributed by atoms with Crippen molar-refractivity contribution in [3.05, 3.63) is 34.3 Å². The number of likely N-dealkylation sites (tertiary alicyclic amines) is 1. The van der Waals surface area contributed by atoms with Crippen molar-refractivity contribution >= 4 is 23.0 Å². The molecule has 1 aliphatic heterocycles. The quantitative estimate of drug-likeness (QED) is 0.854. The Kier molecular flexibility index (Phi) is 4.18. The van der Waals surface area contributed by atoms with E-state index < -0.39 is 0 Å². The van der Waals surface area contributed by atoms with E-state index >= 15 is 0 Å². The van der Waals surface area contributed by atoms with Crippen molar-refractivity contribution in [3.8, 4) is 0 Å². The van der Waals surface area contributed by atoms with Crippen LogP contribution in [0.3, 0.4) is 0 Å². The van der Waals surface area contributed by atoms with E-state index in [2.05, 4.69) is 10.3 Å². The lowest BCUT2D eigenvalue weighted by Crippen LogP contribution is -2.41. The Bertz CT molecular complexity index is 740. The van der Waals surface area contributed by atoms with E-state index in [4.69, 9.17) is 0 Å². The van der Waals surface area contributed by atoms with E-state index in [0.29, 0.717) is 31.0 Å². The van der Waals surface area contributed by atoms with E-state index in [-0.39, 0.29) is 17.9 Å². The lowest BCUT2D eigenvalue weighted by molar-refractivity contribution is -0.121. The van der Waals surface area contributed by atoms with E-state index in [1.54, 1.807) is 22.2 Å². The molecule has 2 aliphatic rings. The van der Waals surface area contributed by atoms with Crippen molar-refractivity contribution in [2.45, 2.75) is 44.7 Å². The van der Waals surface area contributed by atoms with Gasteiger partial charge in [-0.15, -0.1) is 16.4 Å². The number of aromatic nitrogens is 3. The summed E-state index contributed by atoms with van der Waals surface area (Å²) in [6.45, 7) is 1.34. The summed E-state index contributed by atoms with van der Waals surface area (Å²) in [5, 5.41) is 10.2. The second-order valence-corrected chi connectivity index (χ2v) is 7.59. The summed E-state index contributed by atoms with van der Waals surface area (Å²) in [6.07, 6.45) is 6.14. The van der Waals surface area contributed by atoms with Gasteiger partial charge in [-0.25, -0.2) is 4.68 Å². The van der Waals surface area contributed by atoms with Crippen LogP contribution in [0.25, 0.3) is 0 Å². The fraction of sp³-hybridized carbons (Fsp3) is 0.529. The van der Waals surface area contributed by atoms with Crippen molar-refractivity contribution in [1.29, 1.82) is 0 Å². The third-order valence-corrected chi connectivity index (χ3v) is 5.89. The van der Waals surface area contributed by atoms with E-state index in [0.717, 1.165) is 25.7 Å². The summed E-state index contributed by atoms with van der Waals surface area (Å²) in [5.41, 5.74) is 0.379. The molecule has 0 N–H and O–H groups in total. The average molecular weight is 344 g/mol. The normalized spacial score (nSPS) is 24.0. The number of rotatable bonds is 4. The van der Waals surface area contributed by atoms with Crippen LogP contribution < -0.4 is 0 Å². The summed E-state index contributed by atoms with van der Waals surface area (Å²) in [6, 6.07) is 4.09. The van der Waals surface area contributed by atoms with Crippen LogP contribution in [0, 0.1) is 5.92 Å². The van der Waals surface area contributed by atoms with Gasteiger partial charge in [0, 0.05) is 29.8 Å². The van der Waals surface area contributed by atoms with Gasteiger partial charge in [0.15, 0.2) is 5.69 Å². The lowest BCUT2D eigenvalue weighted by atomic mass is 9.95. The highest BCUT2D eigenvalue weighted by molar-refractivity contribution is 7.09. The molecule has 0 unspecified atom stereocenters. The van der Waals surface area contributed by atoms with Crippen LogP contribution in [-0.2, 0) is 11.3 Å². The zero-order valence-electron chi connectivity index (χ0n) is 13.4. The second kappa shape index (κ2) is 6.47. The molecule has 0 bridgehead atoms. The molecular weight excluding hydrogens is 324 g/mol. The van der Waals surface area contributed by atoms with Crippen LogP contribution in [-0.4, -0.2) is 44.2 Å². The van der Waals surface area contributed by atoms with Crippen molar-refractivity contribution in [3.63, 3.8) is 0 Å². The van der Waals surface area contributed by atoms with Gasteiger partial charge in [-0.2, -0.15) is 0 Å². The van der Waals surface area contributed by atoms with Gasteiger partial charge in [0.25, 0.3) is 5.91 Å². The molecule has 1 aliphatic carbocycles. The van der Waals surface area contributed by atoms with E-state index in [1.807, 2.05) is 22.4 Å². The molecule has 0 aromatic carbocycles. The largest absolute Gasteiger partial charge is 0.333 e. The Labute approximate surface area is 144 Å². The molecule has 1 saturated carbocycles. The van der Waals surface area contributed by atoms with Gasteiger partial charge in [-0.1, -0.05) is 11.3 Å². The van der Waals surface area contributed by atoms with Crippen molar-refractivity contribution < 1.29 is 9.59 Å². The monoisotopic (exact) mass is 344 g/mol. The molecule has 0 radical (unpaired) electrons. The van der Waals surface area contributed by atoms with Crippen LogP contribution in [0.1, 0.15) is 47.5 Å². The SMILES string of the molecule is O=C1CCC[C@H]1[C@@H]1CCCN1C(=O)c1cn(Cc2cccs2)nn1. The first-order chi connectivity index (χ1) is 11.7. The molecule has 6 nitrogen and oxygen atoms in total. The fourth-order valence-electron chi connectivity index (χ4n) is 3.90. The van der Waals surface area contributed by atoms with Gasteiger partial charge in [0.05, 0.1) is 12.7 Å². The first-order valence-corrected chi connectivity index (χ1v) is 9.36. The molecule has 24 heavy (non-hydrogen) atoms. The third kappa shape index (κ3) is 2.88. The molecular formula is C17H20N4O2S. The van der Waals surface area contributed by atoms with Gasteiger partial charge < -0.3 is 4.90 Å². The molecule has 2 aromatic heterocycles. The Morgan fingerprint density at radius 2 is 2.25 bits per heavy atom. The highest BCUT2D eigenvalue weighted by Gasteiger charge is 2.40. The molecule has 2 atom stereocenters. The molecule has 0 spiro atoms. The second-order valence-electron chi connectivity index (χ2n) is 6.55. The van der Waals surface area contributed by atoms with Crippen molar-refractivity contribution in [2.24, 2.45) is 5.92 Å². The fourth-order valence-corrected chi connectivity index (χ4v) is 4.59. The molecule has 1 saturated heterocycles. The third-order valence-electron chi connectivity index (χ3n) is 5.03. The lowest BCUT2D eigenvalue weighted by Gasteiger charge is -2.27. The minimum atomic E-state index is -0.0883. The molecule has 2 aromatic rings. The van der Waals surface area contributed by atoms with Crippen LogP contribution in [0.4, 0.5) is 0 Å². The molecule has 2 fully saturated rings. The smallest absolute Gasteiger partial charge is 0.276 e. The Hall–Kier alpha value is -2.02. The highest BCUT2D eigenvalue weighted by Crippen LogP contribution is 2.33. The van der Waals surface area contributed by atoms with E-state index in [1.165, 1.54) is 4.88 Å². The topological polar surface area (TPSA) is 68.1 Å². The predicted octanol–water partition coefficient (Wildman–Crippen LogP) is 2.36. The maximum Gasteiger partial charge on any atom is 0.276 e. The summed E-state index contributed by atoms with van der Waals surface area (Å²) >= 11 is 1.66. The van der Waals surface area contributed by atoms with Crippen molar-refractivity contribution in [1.82, 2.24) is 19.9 Å². The number of thiophene rings is 1. The average Bonchev–Trinajstić information content (AvgIpc) is 3.34. The zero-order chi connectivity index (χ0) is 16.5. The maximum atomic E-state index is 12.8.